The summed E-state index contributed by atoms with van der Waals surface area (Å²) >= 11 is 0. The Hall–Kier alpha value is -0.610. The number of amides is 1. The average molecular weight is 240 g/mol. The van der Waals surface area contributed by atoms with Gasteiger partial charge < -0.3 is 15.7 Å². The van der Waals surface area contributed by atoms with Gasteiger partial charge in [-0.3, -0.25) is 4.79 Å². The summed E-state index contributed by atoms with van der Waals surface area (Å²) in [4.78, 5) is 14.0. The summed E-state index contributed by atoms with van der Waals surface area (Å²) in [5.74, 6) is 1.31. The standard InChI is InChI=1S/C13H24N2O2/c1-8(2)5-11(14)13(17)15-6-9-3-4-12(16)10(9)7-15/h8-12,16H,3-7,14H2,1-2H3/t9?,10?,11-,12?/m0/s1. The van der Waals surface area contributed by atoms with Crippen molar-refractivity contribution in [3.05, 3.63) is 0 Å². The van der Waals surface area contributed by atoms with Crippen LogP contribution in [-0.2, 0) is 4.79 Å². The highest BCUT2D eigenvalue weighted by Crippen LogP contribution is 2.38. The Bertz CT molecular complexity index is 293. The molecule has 1 saturated carbocycles. The highest BCUT2D eigenvalue weighted by atomic mass is 16.3. The summed E-state index contributed by atoms with van der Waals surface area (Å²) in [5.41, 5.74) is 5.93. The van der Waals surface area contributed by atoms with Crippen molar-refractivity contribution in [2.75, 3.05) is 13.1 Å². The van der Waals surface area contributed by atoms with Crippen LogP contribution in [0.25, 0.3) is 0 Å². The van der Waals surface area contributed by atoms with Crippen LogP contribution in [0.5, 0.6) is 0 Å². The van der Waals surface area contributed by atoms with Crippen LogP contribution in [0.3, 0.4) is 0 Å². The van der Waals surface area contributed by atoms with E-state index in [2.05, 4.69) is 13.8 Å². The summed E-state index contributed by atoms with van der Waals surface area (Å²) in [6.45, 7) is 5.66. The van der Waals surface area contributed by atoms with Crippen molar-refractivity contribution < 1.29 is 9.90 Å². The van der Waals surface area contributed by atoms with Gasteiger partial charge in [0.2, 0.25) is 5.91 Å². The van der Waals surface area contributed by atoms with Crippen molar-refractivity contribution in [2.24, 2.45) is 23.5 Å². The molecule has 1 aliphatic carbocycles. The van der Waals surface area contributed by atoms with Gasteiger partial charge in [-0.2, -0.15) is 0 Å². The molecule has 17 heavy (non-hydrogen) atoms. The minimum Gasteiger partial charge on any atom is -0.393 e. The Labute approximate surface area is 103 Å². The number of likely N-dealkylation sites (tertiary alicyclic amines) is 1. The number of carbonyl (C=O) groups is 1. The minimum atomic E-state index is -0.369. The van der Waals surface area contributed by atoms with Gasteiger partial charge in [0.15, 0.2) is 0 Å². The zero-order chi connectivity index (χ0) is 12.6. The third-order valence-electron chi connectivity index (χ3n) is 4.17. The van der Waals surface area contributed by atoms with E-state index in [1.54, 1.807) is 0 Å². The highest BCUT2D eigenvalue weighted by Gasteiger charge is 2.43. The number of aliphatic hydroxyl groups is 1. The fraction of sp³-hybridized carbons (Fsp3) is 0.923. The van der Waals surface area contributed by atoms with E-state index in [1.807, 2.05) is 4.90 Å². The van der Waals surface area contributed by atoms with Crippen molar-refractivity contribution in [3.63, 3.8) is 0 Å². The van der Waals surface area contributed by atoms with Gasteiger partial charge in [0.25, 0.3) is 0 Å². The maximum atomic E-state index is 12.1. The molecule has 0 aromatic heterocycles. The van der Waals surface area contributed by atoms with E-state index in [-0.39, 0.29) is 18.1 Å². The minimum absolute atomic E-state index is 0.0697. The van der Waals surface area contributed by atoms with E-state index in [1.165, 1.54) is 0 Å². The number of hydrogen-bond donors (Lipinski definition) is 2. The van der Waals surface area contributed by atoms with Crippen LogP contribution < -0.4 is 5.73 Å². The smallest absolute Gasteiger partial charge is 0.239 e. The third kappa shape index (κ3) is 2.63. The number of rotatable bonds is 3. The number of aliphatic hydroxyl groups excluding tert-OH is 1. The van der Waals surface area contributed by atoms with Gasteiger partial charge in [0.1, 0.15) is 0 Å². The fourth-order valence-corrected chi connectivity index (χ4v) is 3.26. The molecular formula is C13H24N2O2. The second-order valence-corrected chi connectivity index (χ2v) is 6.05. The van der Waals surface area contributed by atoms with E-state index in [9.17, 15) is 9.90 Å². The first-order valence-corrected chi connectivity index (χ1v) is 6.71. The van der Waals surface area contributed by atoms with E-state index in [0.29, 0.717) is 24.3 Å². The molecule has 1 heterocycles. The average Bonchev–Trinajstić information content (AvgIpc) is 2.79. The molecule has 2 rings (SSSR count). The predicted octanol–water partition coefficient (Wildman–Crippen LogP) is 0.589. The van der Waals surface area contributed by atoms with Gasteiger partial charge in [-0.25, -0.2) is 0 Å². The van der Waals surface area contributed by atoms with Crippen LogP contribution in [0.15, 0.2) is 0 Å². The van der Waals surface area contributed by atoms with Crippen molar-refractivity contribution in [3.8, 4) is 0 Å². The molecule has 0 aromatic carbocycles. The number of nitrogens with two attached hydrogens (primary N) is 1. The van der Waals surface area contributed by atoms with Gasteiger partial charge in [-0.15, -0.1) is 0 Å². The lowest BCUT2D eigenvalue weighted by molar-refractivity contribution is -0.132. The second kappa shape index (κ2) is 4.94. The van der Waals surface area contributed by atoms with Crippen molar-refractivity contribution >= 4 is 5.91 Å². The van der Waals surface area contributed by atoms with E-state index in [4.69, 9.17) is 5.73 Å². The third-order valence-corrected chi connectivity index (χ3v) is 4.17. The van der Waals surface area contributed by atoms with Crippen molar-refractivity contribution in [2.45, 2.75) is 45.3 Å². The summed E-state index contributed by atoms with van der Waals surface area (Å²) in [5, 5.41) is 9.81. The zero-order valence-corrected chi connectivity index (χ0v) is 10.8. The molecule has 3 unspecified atom stereocenters. The lowest BCUT2D eigenvalue weighted by Gasteiger charge is -2.23. The number of carbonyl (C=O) groups excluding carboxylic acids is 1. The molecule has 1 amide bonds. The Kier molecular flexibility index (Phi) is 3.73. The first-order valence-electron chi connectivity index (χ1n) is 6.71. The van der Waals surface area contributed by atoms with Crippen LogP contribution in [0.4, 0.5) is 0 Å². The Morgan fingerprint density at radius 2 is 2.12 bits per heavy atom. The molecule has 4 atom stereocenters. The molecule has 98 valence electrons. The maximum Gasteiger partial charge on any atom is 0.239 e. The van der Waals surface area contributed by atoms with Crippen molar-refractivity contribution in [1.82, 2.24) is 4.90 Å². The summed E-state index contributed by atoms with van der Waals surface area (Å²) in [6.07, 6.45) is 2.48. The number of fused-ring (bicyclic) bond motifs is 1. The predicted molar refractivity (Wildman–Crippen MR) is 66.2 cm³/mol. The van der Waals surface area contributed by atoms with Crippen LogP contribution in [0, 0.1) is 17.8 Å². The van der Waals surface area contributed by atoms with E-state index >= 15 is 0 Å². The van der Waals surface area contributed by atoms with Crippen LogP contribution in [0.1, 0.15) is 33.1 Å². The molecule has 2 aliphatic rings. The molecule has 0 bridgehead atoms. The van der Waals surface area contributed by atoms with Gasteiger partial charge >= 0.3 is 0 Å². The Balaban J connectivity index is 1.90. The molecule has 3 N–H and O–H groups in total. The summed E-state index contributed by atoms with van der Waals surface area (Å²) in [6, 6.07) is -0.369. The fourth-order valence-electron chi connectivity index (χ4n) is 3.26. The lowest BCUT2D eigenvalue weighted by atomic mass is 10.00. The zero-order valence-electron chi connectivity index (χ0n) is 10.8. The van der Waals surface area contributed by atoms with Crippen LogP contribution in [0.2, 0.25) is 0 Å². The van der Waals surface area contributed by atoms with Crippen LogP contribution in [-0.4, -0.2) is 41.1 Å². The first kappa shape index (κ1) is 12.8. The largest absolute Gasteiger partial charge is 0.393 e. The number of nitrogens with zero attached hydrogens (tertiary/aromatic N) is 1. The Morgan fingerprint density at radius 1 is 1.41 bits per heavy atom. The molecule has 4 nitrogen and oxygen atoms in total. The molecular weight excluding hydrogens is 216 g/mol. The van der Waals surface area contributed by atoms with Gasteiger partial charge in [-0.05, 0) is 31.1 Å². The number of hydrogen-bond acceptors (Lipinski definition) is 3. The molecule has 0 aromatic rings. The first-order chi connectivity index (χ1) is 7.99. The molecule has 2 fully saturated rings. The SMILES string of the molecule is CC(C)C[C@H](N)C(=O)N1CC2CCC(O)C2C1. The Morgan fingerprint density at radius 3 is 2.71 bits per heavy atom. The van der Waals surface area contributed by atoms with Gasteiger partial charge in [0.05, 0.1) is 12.1 Å². The van der Waals surface area contributed by atoms with Gasteiger partial charge in [-0.1, -0.05) is 13.8 Å². The van der Waals surface area contributed by atoms with E-state index in [0.717, 1.165) is 25.8 Å². The molecule has 1 saturated heterocycles. The summed E-state index contributed by atoms with van der Waals surface area (Å²) < 4.78 is 0. The molecule has 0 spiro atoms. The second-order valence-electron chi connectivity index (χ2n) is 6.05. The van der Waals surface area contributed by atoms with E-state index < -0.39 is 0 Å². The van der Waals surface area contributed by atoms with Gasteiger partial charge in [0, 0.05) is 19.0 Å². The molecule has 1 aliphatic heterocycles. The molecule has 4 heteroatoms. The van der Waals surface area contributed by atoms with Crippen molar-refractivity contribution in [1.29, 1.82) is 0 Å². The normalized spacial score (nSPS) is 34.2. The molecule has 0 radical (unpaired) electrons. The maximum absolute atomic E-state index is 12.1. The quantitative estimate of drug-likeness (QED) is 0.758. The summed E-state index contributed by atoms with van der Waals surface area (Å²) in [7, 11) is 0. The topological polar surface area (TPSA) is 66.6 Å². The monoisotopic (exact) mass is 240 g/mol. The lowest BCUT2D eigenvalue weighted by Crippen LogP contribution is -2.44. The highest BCUT2D eigenvalue weighted by molar-refractivity contribution is 5.82. The van der Waals surface area contributed by atoms with Crippen LogP contribution >= 0.6 is 0 Å².